The second-order valence-corrected chi connectivity index (χ2v) is 8.28. The van der Waals surface area contributed by atoms with Crippen LogP contribution in [-0.4, -0.2) is 35.9 Å². The molecule has 1 N–H and O–H groups in total. The number of nitrogens with zero attached hydrogens (tertiary/aromatic N) is 1. The van der Waals surface area contributed by atoms with E-state index in [9.17, 15) is 4.79 Å². The minimum atomic E-state index is 0.110. The van der Waals surface area contributed by atoms with Crippen molar-refractivity contribution in [3.8, 4) is 5.75 Å². The van der Waals surface area contributed by atoms with Crippen LogP contribution in [0, 0.1) is 5.92 Å². The summed E-state index contributed by atoms with van der Waals surface area (Å²) in [5.74, 6) is 1.33. The molecular formula is C24H27ClN2O2. The number of ether oxygens (including phenoxy) is 1. The van der Waals surface area contributed by atoms with E-state index in [0.717, 1.165) is 49.8 Å². The van der Waals surface area contributed by atoms with Crippen molar-refractivity contribution in [2.45, 2.75) is 32.2 Å². The van der Waals surface area contributed by atoms with Crippen molar-refractivity contribution in [1.29, 1.82) is 0 Å². The lowest BCUT2D eigenvalue weighted by molar-refractivity contribution is 0.0958. The van der Waals surface area contributed by atoms with E-state index in [1.807, 2.05) is 12.3 Å². The third kappa shape index (κ3) is 4.49. The number of carbonyl (C=O) groups is 1. The Hall–Kier alpha value is -2.30. The van der Waals surface area contributed by atoms with Crippen molar-refractivity contribution >= 4 is 28.3 Å². The number of rotatable bonds is 7. The number of nitrogens with one attached hydrogen (secondary N) is 1. The number of methoxy groups -OCH3 is 1. The highest BCUT2D eigenvalue weighted by atomic mass is 35.5. The van der Waals surface area contributed by atoms with Crippen molar-refractivity contribution in [1.82, 2.24) is 9.88 Å². The number of hydrogen-bond acceptors (Lipinski definition) is 3. The first kappa shape index (κ1) is 20.0. The molecule has 0 atom stereocenters. The Morgan fingerprint density at radius 2 is 1.97 bits per heavy atom. The molecule has 29 heavy (non-hydrogen) atoms. The van der Waals surface area contributed by atoms with Gasteiger partial charge in [0, 0.05) is 24.5 Å². The molecule has 3 aromatic rings. The van der Waals surface area contributed by atoms with Crippen LogP contribution in [0.3, 0.4) is 0 Å². The Balaban J connectivity index is 1.33. The van der Waals surface area contributed by atoms with E-state index in [0.29, 0.717) is 28.7 Å². The van der Waals surface area contributed by atoms with Crippen LogP contribution in [0.4, 0.5) is 0 Å². The minimum Gasteiger partial charge on any atom is -0.495 e. The van der Waals surface area contributed by atoms with Crippen molar-refractivity contribution < 1.29 is 9.53 Å². The fourth-order valence-electron chi connectivity index (χ4n) is 4.34. The van der Waals surface area contributed by atoms with Crippen LogP contribution < -0.4 is 4.74 Å². The van der Waals surface area contributed by atoms with E-state index in [4.69, 9.17) is 16.3 Å². The van der Waals surface area contributed by atoms with Gasteiger partial charge in [-0.1, -0.05) is 41.9 Å². The normalized spacial score (nSPS) is 15.7. The fraction of sp³-hybridized carbons (Fsp3) is 0.375. The number of aromatic amines is 1. The number of carbonyl (C=O) groups excluding carboxylic acids is 1. The van der Waals surface area contributed by atoms with Crippen molar-refractivity contribution in [2.24, 2.45) is 5.92 Å². The molecule has 1 fully saturated rings. The number of hydrogen-bond donors (Lipinski definition) is 1. The predicted octanol–water partition coefficient (Wildman–Crippen LogP) is 5.71. The maximum absolute atomic E-state index is 12.9. The largest absolute Gasteiger partial charge is 0.495 e. The van der Waals surface area contributed by atoms with Crippen LogP contribution in [0.15, 0.2) is 48.7 Å². The molecular weight excluding hydrogens is 384 g/mol. The van der Waals surface area contributed by atoms with E-state index in [1.54, 1.807) is 13.2 Å². The number of Topliss-reactive ketones (excluding diaryl/α,β-unsaturated/α-hetero) is 1. The highest BCUT2D eigenvalue weighted by molar-refractivity contribution is 6.36. The van der Waals surface area contributed by atoms with E-state index < -0.39 is 0 Å². The Morgan fingerprint density at radius 3 is 2.69 bits per heavy atom. The molecule has 0 saturated carbocycles. The van der Waals surface area contributed by atoms with Gasteiger partial charge in [0.25, 0.3) is 0 Å². The standard InChI is InChI=1S/C24H27ClN2O2/c1-29-24-19-9-12-26-23(19)21(25)15-20(24)22(28)8-7-17-10-13-27(14-11-17)16-18-5-3-2-4-6-18/h2-6,9,12,15,17,26H,7-8,10-11,13-14,16H2,1H3. The first-order chi connectivity index (χ1) is 14.2. The van der Waals surface area contributed by atoms with E-state index >= 15 is 0 Å². The molecule has 0 bridgehead atoms. The van der Waals surface area contributed by atoms with Gasteiger partial charge in [-0.15, -0.1) is 0 Å². The van der Waals surface area contributed by atoms with E-state index in [1.165, 1.54) is 5.56 Å². The SMILES string of the molecule is COc1c(C(=O)CCC2CCN(Cc3ccccc3)CC2)cc(Cl)c2[nH]ccc12. The molecule has 4 nitrogen and oxygen atoms in total. The highest BCUT2D eigenvalue weighted by Gasteiger charge is 2.22. The first-order valence-electron chi connectivity index (χ1n) is 10.3. The first-order valence-corrected chi connectivity index (χ1v) is 10.7. The summed E-state index contributed by atoms with van der Waals surface area (Å²) in [6.45, 7) is 3.20. The minimum absolute atomic E-state index is 0.110. The number of likely N-dealkylation sites (tertiary alicyclic amines) is 1. The summed E-state index contributed by atoms with van der Waals surface area (Å²) < 4.78 is 5.55. The number of fused-ring (bicyclic) bond motifs is 1. The number of halogens is 1. The van der Waals surface area contributed by atoms with Gasteiger partial charge in [0.2, 0.25) is 0 Å². The molecule has 2 aromatic carbocycles. The van der Waals surface area contributed by atoms with E-state index in [2.05, 4.69) is 40.2 Å². The fourth-order valence-corrected chi connectivity index (χ4v) is 4.60. The summed E-state index contributed by atoms with van der Waals surface area (Å²) in [7, 11) is 1.61. The molecule has 0 aliphatic carbocycles. The van der Waals surface area contributed by atoms with Gasteiger partial charge in [-0.3, -0.25) is 9.69 Å². The van der Waals surface area contributed by atoms with Crippen LogP contribution in [0.2, 0.25) is 5.02 Å². The molecule has 1 aliphatic rings. The number of piperidine rings is 1. The van der Waals surface area contributed by atoms with Crippen LogP contribution >= 0.6 is 11.6 Å². The van der Waals surface area contributed by atoms with Crippen LogP contribution in [0.25, 0.3) is 10.9 Å². The van der Waals surface area contributed by atoms with Gasteiger partial charge >= 0.3 is 0 Å². The average Bonchev–Trinajstić information content (AvgIpc) is 3.24. The predicted molar refractivity (Wildman–Crippen MR) is 118 cm³/mol. The smallest absolute Gasteiger partial charge is 0.166 e. The molecule has 0 unspecified atom stereocenters. The summed E-state index contributed by atoms with van der Waals surface area (Å²) in [5.41, 5.74) is 2.77. The average molecular weight is 411 g/mol. The zero-order valence-corrected chi connectivity index (χ0v) is 17.5. The second kappa shape index (κ2) is 9.02. The Labute approximate surface area is 176 Å². The molecule has 5 heteroatoms. The summed E-state index contributed by atoms with van der Waals surface area (Å²) in [6.07, 6.45) is 5.57. The molecule has 0 radical (unpaired) electrons. The monoisotopic (exact) mass is 410 g/mol. The topological polar surface area (TPSA) is 45.3 Å². The molecule has 1 saturated heterocycles. The molecule has 152 valence electrons. The highest BCUT2D eigenvalue weighted by Crippen LogP contribution is 2.35. The summed E-state index contributed by atoms with van der Waals surface area (Å²) >= 11 is 6.36. The summed E-state index contributed by atoms with van der Waals surface area (Å²) in [5, 5.41) is 1.42. The molecule has 0 spiro atoms. The van der Waals surface area contributed by atoms with Gasteiger partial charge in [-0.25, -0.2) is 0 Å². The Bertz CT molecular complexity index is 975. The Morgan fingerprint density at radius 1 is 1.21 bits per heavy atom. The number of benzene rings is 2. The van der Waals surface area contributed by atoms with Crippen LogP contribution in [0.5, 0.6) is 5.75 Å². The molecule has 1 aromatic heterocycles. The van der Waals surface area contributed by atoms with Crippen LogP contribution in [0.1, 0.15) is 41.6 Å². The number of aromatic nitrogens is 1. The molecule has 2 heterocycles. The number of ketones is 1. The zero-order chi connectivity index (χ0) is 20.2. The lowest BCUT2D eigenvalue weighted by Gasteiger charge is -2.32. The van der Waals surface area contributed by atoms with Gasteiger partial charge < -0.3 is 9.72 Å². The van der Waals surface area contributed by atoms with Gasteiger partial charge in [0.15, 0.2) is 5.78 Å². The zero-order valence-electron chi connectivity index (χ0n) is 16.8. The number of H-pyrrole nitrogens is 1. The third-order valence-corrected chi connectivity index (χ3v) is 6.28. The third-order valence-electron chi connectivity index (χ3n) is 5.99. The lowest BCUT2D eigenvalue weighted by atomic mass is 9.90. The van der Waals surface area contributed by atoms with Gasteiger partial charge in [0.05, 0.1) is 23.2 Å². The van der Waals surface area contributed by atoms with Crippen molar-refractivity contribution in [3.63, 3.8) is 0 Å². The quantitative estimate of drug-likeness (QED) is 0.508. The second-order valence-electron chi connectivity index (χ2n) is 7.87. The molecule has 4 rings (SSSR count). The van der Waals surface area contributed by atoms with Gasteiger partial charge in [-0.2, -0.15) is 0 Å². The van der Waals surface area contributed by atoms with Crippen molar-refractivity contribution in [3.05, 3.63) is 64.8 Å². The maximum atomic E-state index is 12.9. The summed E-state index contributed by atoms with van der Waals surface area (Å²) in [4.78, 5) is 18.5. The molecule has 0 amide bonds. The van der Waals surface area contributed by atoms with Gasteiger partial charge in [0.1, 0.15) is 5.75 Å². The van der Waals surface area contributed by atoms with Gasteiger partial charge in [-0.05, 0) is 56.0 Å². The Kier molecular flexibility index (Phi) is 6.22. The van der Waals surface area contributed by atoms with Crippen LogP contribution in [-0.2, 0) is 6.54 Å². The van der Waals surface area contributed by atoms with E-state index in [-0.39, 0.29) is 5.78 Å². The van der Waals surface area contributed by atoms with Crippen molar-refractivity contribution in [2.75, 3.05) is 20.2 Å². The molecule has 1 aliphatic heterocycles. The maximum Gasteiger partial charge on any atom is 0.166 e. The lowest BCUT2D eigenvalue weighted by Crippen LogP contribution is -2.33. The summed E-state index contributed by atoms with van der Waals surface area (Å²) in [6, 6.07) is 14.3.